The average Bonchev–Trinajstić information content (AvgIpc) is 2.80. The lowest BCUT2D eigenvalue weighted by Gasteiger charge is -2.12. The number of aromatic nitrogens is 3. The predicted octanol–water partition coefficient (Wildman–Crippen LogP) is 4.92. The van der Waals surface area contributed by atoms with E-state index in [1.54, 1.807) is 50.1 Å². The summed E-state index contributed by atoms with van der Waals surface area (Å²) < 4.78 is 17.1. The van der Waals surface area contributed by atoms with Crippen molar-refractivity contribution in [1.82, 2.24) is 15.0 Å². The van der Waals surface area contributed by atoms with Crippen LogP contribution in [-0.4, -0.2) is 22.1 Å². The van der Waals surface area contributed by atoms with Crippen molar-refractivity contribution in [2.24, 2.45) is 0 Å². The van der Waals surface area contributed by atoms with Crippen LogP contribution in [0.15, 0.2) is 85.5 Å². The van der Waals surface area contributed by atoms with E-state index in [0.717, 1.165) is 16.7 Å². The first-order valence-corrected chi connectivity index (χ1v) is 9.07. The Balaban J connectivity index is 1.50. The van der Waals surface area contributed by atoms with E-state index in [9.17, 15) is 0 Å². The highest BCUT2D eigenvalue weighted by atomic mass is 16.5. The van der Waals surface area contributed by atoms with E-state index >= 15 is 0 Å². The fourth-order valence-corrected chi connectivity index (χ4v) is 2.79. The van der Waals surface area contributed by atoms with Gasteiger partial charge in [-0.25, -0.2) is 9.97 Å². The molecule has 0 saturated heterocycles. The van der Waals surface area contributed by atoms with Crippen molar-refractivity contribution in [3.63, 3.8) is 0 Å². The molecule has 0 saturated carbocycles. The van der Waals surface area contributed by atoms with Gasteiger partial charge in [-0.3, -0.25) is 4.98 Å². The van der Waals surface area contributed by atoms with Crippen LogP contribution in [0.4, 0.5) is 0 Å². The van der Waals surface area contributed by atoms with Crippen LogP contribution >= 0.6 is 0 Å². The molecule has 6 nitrogen and oxygen atoms in total. The van der Waals surface area contributed by atoms with Crippen molar-refractivity contribution in [3.8, 4) is 34.4 Å². The molecular weight excluding hydrogens is 366 g/mol. The van der Waals surface area contributed by atoms with Crippen LogP contribution in [0, 0.1) is 0 Å². The summed E-state index contributed by atoms with van der Waals surface area (Å²) in [5.41, 5.74) is 2.66. The summed E-state index contributed by atoms with van der Waals surface area (Å²) in [6.07, 6.45) is 6.69. The third-order valence-corrected chi connectivity index (χ3v) is 4.22. The molecule has 3 aromatic heterocycles. The van der Waals surface area contributed by atoms with Gasteiger partial charge >= 0.3 is 0 Å². The van der Waals surface area contributed by atoms with E-state index in [0.29, 0.717) is 29.9 Å². The molecule has 0 atom stereocenters. The fraction of sp³-hybridized carbons (Fsp3) is 0.0870. The number of nitrogens with zero attached hydrogens (tertiary/aromatic N) is 3. The van der Waals surface area contributed by atoms with Gasteiger partial charge < -0.3 is 14.2 Å². The first-order chi connectivity index (χ1) is 14.3. The monoisotopic (exact) mass is 385 g/mol. The molecule has 1 aromatic carbocycles. The standard InChI is InChI=1S/C23H19N3O3/c1-27-21-11-13-24-15-20(21)19-8-5-12-25-23(19)29-18-9-10-22(26-14-18)28-16-17-6-3-2-4-7-17/h2-15H,16H2,1H3. The second kappa shape index (κ2) is 8.84. The maximum Gasteiger partial charge on any atom is 0.227 e. The van der Waals surface area contributed by atoms with Gasteiger partial charge in [0.15, 0.2) is 0 Å². The van der Waals surface area contributed by atoms with Crippen molar-refractivity contribution in [2.75, 3.05) is 7.11 Å². The molecule has 0 fully saturated rings. The van der Waals surface area contributed by atoms with Gasteiger partial charge in [0.25, 0.3) is 0 Å². The Labute approximate surface area is 168 Å². The number of rotatable bonds is 7. The van der Waals surface area contributed by atoms with E-state index in [2.05, 4.69) is 15.0 Å². The molecule has 0 bridgehead atoms. The zero-order valence-corrected chi connectivity index (χ0v) is 15.9. The number of ether oxygens (including phenoxy) is 3. The van der Waals surface area contributed by atoms with Crippen LogP contribution < -0.4 is 14.2 Å². The SMILES string of the molecule is COc1ccncc1-c1cccnc1Oc1ccc(OCc2ccccc2)nc1. The van der Waals surface area contributed by atoms with Gasteiger partial charge in [-0.05, 0) is 29.8 Å². The lowest BCUT2D eigenvalue weighted by molar-refractivity contribution is 0.293. The van der Waals surface area contributed by atoms with Crippen LogP contribution in [0.1, 0.15) is 5.56 Å². The van der Waals surface area contributed by atoms with Crippen LogP contribution in [0.25, 0.3) is 11.1 Å². The Hall–Kier alpha value is -3.93. The highest BCUT2D eigenvalue weighted by Crippen LogP contribution is 2.36. The maximum atomic E-state index is 5.97. The molecule has 0 spiro atoms. The lowest BCUT2D eigenvalue weighted by Crippen LogP contribution is -1.97. The van der Waals surface area contributed by atoms with Gasteiger partial charge in [0.2, 0.25) is 11.8 Å². The Kier molecular flexibility index (Phi) is 5.62. The summed E-state index contributed by atoms with van der Waals surface area (Å²) in [4.78, 5) is 12.9. The van der Waals surface area contributed by atoms with Crippen molar-refractivity contribution >= 4 is 0 Å². The molecule has 0 amide bonds. The Bertz CT molecular complexity index is 1070. The quantitative estimate of drug-likeness (QED) is 0.450. The molecule has 29 heavy (non-hydrogen) atoms. The normalized spacial score (nSPS) is 10.4. The number of hydrogen-bond donors (Lipinski definition) is 0. The van der Waals surface area contributed by atoms with Crippen LogP contribution in [0.5, 0.6) is 23.3 Å². The number of hydrogen-bond acceptors (Lipinski definition) is 6. The van der Waals surface area contributed by atoms with Crippen LogP contribution in [0.3, 0.4) is 0 Å². The summed E-state index contributed by atoms with van der Waals surface area (Å²) in [5, 5.41) is 0. The molecular formula is C23H19N3O3. The van der Waals surface area contributed by atoms with E-state index in [1.807, 2.05) is 42.5 Å². The molecule has 3 heterocycles. The molecule has 0 aliphatic rings. The smallest absolute Gasteiger partial charge is 0.227 e. The minimum absolute atomic E-state index is 0.443. The topological polar surface area (TPSA) is 66.4 Å². The van der Waals surface area contributed by atoms with Gasteiger partial charge in [0, 0.05) is 35.8 Å². The van der Waals surface area contributed by atoms with Gasteiger partial charge in [-0.2, -0.15) is 0 Å². The van der Waals surface area contributed by atoms with E-state index < -0.39 is 0 Å². The summed E-state index contributed by atoms with van der Waals surface area (Å²) in [6.45, 7) is 0.458. The predicted molar refractivity (Wildman–Crippen MR) is 109 cm³/mol. The largest absolute Gasteiger partial charge is 0.496 e. The lowest BCUT2D eigenvalue weighted by atomic mass is 10.1. The first-order valence-electron chi connectivity index (χ1n) is 9.07. The van der Waals surface area contributed by atoms with Crippen molar-refractivity contribution < 1.29 is 14.2 Å². The fourth-order valence-electron chi connectivity index (χ4n) is 2.79. The second-order valence-corrected chi connectivity index (χ2v) is 6.14. The molecule has 0 N–H and O–H groups in total. The maximum absolute atomic E-state index is 5.97. The van der Waals surface area contributed by atoms with Gasteiger partial charge in [-0.1, -0.05) is 30.3 Å². The van der Waals surface area contributed by atoms with Gasteiger partial charge in [0.1, 0.15) is 18.1 Å². The average molecular weight is 385 g/mol. The Morgan fingerprint density at radius 3 is 2.48 bits per heavy atom. The zero-order valence-electron chi connectivity index (χ0n) is 15.9. The Morgan fingerprint density at radius 2 is 1.69 bits per heavy atom. The molecule has 4 aromatic rings. The van der Waals surface area contributed by atoms with Crippen molar-refractivity contribution in [3.05, 3.63) is 91.0 Å². The molecule has 0 unspecified atom stereocenters. The second-order valence-electron chi connectivity index (χ2n) is 6.14. The van der Waals surface area contributed by atoms with Crippen LogP contribution in [-0.2, 0) is 6.61 Å². The molecule has 4 rings (SSSR count). The van der Waals surface area contributed by atoms with E-state index in [4.69, 9.17) is 14.2 Å². The zero-order chi connectivity index (χ0) is 19.9. The summed E-state index contributed by atoms with van der Waals surface area (Å²) >= 11 is 0. The molecule has 0 radical (unpaired) electrons. The van der Waals surface area contributed by atoms with Crippen LogP contribution in [0.2, 0.25) is 0 Å². The molecule has 0 aliphatic heterocycles. The highest BCUT2D eigenvalue weighted by Gasteiger charge is 2.13. The highest BCUT2D eigenvalue weighted by molar-refractivity contribution is 5.73. The summed E-state index contributed by atoms with van der Waals surface area (Å²) in [5.74, 6) is 2.22. The van der Waals surface area contributed by atoms with E-state index in [-0.39, 0.29) is 0 Å². The minimum Gasteiger partial charge on any atom is -0.496 e. The number of benzene rings is 1. The molecule has 0 aliphatic carbocycles. The molecule has 144 valence electrons. The summed E-state index contributed by atoms with van der Waals surface area (Å²) in [7, 11) is 1.62. The van der Waals surface area contributed by atoms with Gasteiger partial charge in [-0.15, -0.1) is 0 Å². The first kappa shape index (κ1) is 18.4. The number of pyridine rings is 3. The number of methoxy groups -OCH3 is 1. The molecule has 6 heteroatoms. The van der Waals surface area contributed by atoms with Crippen molar-refractivity contribution in [2.45, 2.75) is 6.61 Å². The van der Waals surface area contributed by atoms with E-state index in [1.165, 1.54) is 0 Å². The van der Waals surface area contributed by atoms with Gasteiger partial charge in [0.05, 0.1) is 13.3 Å². The third-order valence-electron chi connectivity index (χ3n) is 4.22. The Morgan fingerprint density at radius 1 is 0.793 bits per heavy atom. The van der Waals surface area contributed by atoms with Crippen molar-refractivity contribution in [1.29, 1.82) is 0 Å². The third kappa shape index (κ3) is 4.50. The summed E-state index contributed by atoms with van der Waals surface area (Å²) in [6, 6.07) is 19.1. The minimum atomic E-state index is 0.443.